The van der Waals surface area contributed by atoms with Crippen LogP contribution in [0.4, 0.5) is 0 Å². The summed E-state index contributed by atoms with van der Waals surface area (Å²) in [4.78, 5) is 23.5. The number of carbonyl (C=O) groups excluding carboxylic acids is 1. The summed E-state index contributed by atoms with van der Waals surface area (Å²) in [5.41, 5.74) is -0.469. The van der Waals surface area contributed by atoms with Gasteiger partial charge in [-0.05, 0) is 18.3 Å². The van der Waals surface area contributed by atoms with E-state index in [0.717, 1.165) is 25.7 Å². The number of hydrogen-bond acceptors (Lipinski definition) is 2. The molecule has 0 aromatic carbocycles. The highest BCUT2D eigenvalue weighted by Gasteiger charge is 2.34. The van der Waals surface area contributed by atoms with E-state index in [2.05, 4.69) is 5.32 Å². The summed E-state index contributed by atoms with van der Waals surface area (Å²) in [5, 5.41) is 12.0. The molecule has 1 atom stereocenters. The monoisotopic (exact) mass is 269 g/mol. The maximum absolute atomic E-state index is 12.3. The molecule has 1 aliphatic carbocycles. The van der Waals surface area contributed by atoms with E-state index in [9.17, 15) is 14.7 Å². The number of rotatable bonds is 3. The minimum atomic E-state index is -0.952. The van der Waals surface area contributed by atoms with Crippen molar-refractivity contribution in [3.8, 4) is 0 Å². The van der Waals surface area contributed by atoms with Gasteiger partial charge in [0.15, 0.2) is 0 Å². The van der Waals surface area contributed by atoms with Gasteiger partial charge in [-0.25, -0.2) is 4.79 Å². The third-order valence-electron chi connectivity index (χ3n) is 3.88. The summed E-state index contributed by atoms with van der Waals surface area (Å²) >= 11 is 0. The molecule has 0 spiro atoms. The molecule has 2 N–H and O–H groups in total. The van der Waals surface area contributed by atoms with Gasteiger partial charge in [0.25, 0.3) is 0 Å². The minimum Gasteiger partial charge on any atom is -0.480 e. The molecular weight excluding hydrogens is 242 g/mol. The topological polar surface area (TPSA) is 66.4 Å². The average molecular weight is 269 g/mol. The molecule has 1 rings (SSSR count). The molecule has 110 valence electrons. The van der Waals surface area contributed by atoms with E-state index < -0.39 is 17.4 Å². The molecule has 0 aromatic heterocycles. The zero-order valence-corrected chi connectivity index (χ0v) is 12.4. The molecule has 0 bridgehead atoms. The van der Waals surface area contributed by atoms with Crippen LogP contribution in [0.25, 0.3) is 0 Å². The van der Waals surface area contributed by atoms with Crippen LogP contribution in [-0.2, 0) is 9.59 Å². The molecule has 1 aliphatic rings. The van der Waals surface area contributed by atoms with Gasteiger partial charge in [-0.3, -0.25) is 4.79 Å². The van der Waals surface area contributed by atoms with Crippen LogP contribution in [0, 0.1) is 11.3 Å². The molecule has 0 aliphatic heterocycles. The third kappa shape index (κ3) is 5.21. The summed E-state index contributed by atoms with van der Waals surface area (Å²) in [7, 11) is 0. The van der Waals surface area contributed by atoms with Gasteiger partial charge in [0.1, 0.15) is 6.04 Å². The van der Waals surface area contributed by atoms with Crippen LogP contribution in [-0.4, -0.2) is 23.0 Å². The number of aliphatic carboxylic acids is 1. The second-order valence-electron chi connectivity index (χ2n) is 6.69. The molecule has 4 nitrogen and oxygen atoms in total. The SMILES string of the molecule is CC(C)(C)C(NC(=O)C1CCCCCCC1)C(=O)O. The van der Waals surface area contributed by atoms with Crippen molar-refractivity contribution in [3.05, 3.63) is 0 Å². The second kappa shape index (κ2) is 6.92. The van der Waals surface area contributed by atoms with Crippen LogP contribution >= 0.6 is 0 Å². The van der Waals surface area contributed by atoms with Crippen molar-refractivity contribution in [3.63, 3.8) is 0 Å². The van der Waals surface area contributed by atoms with Crippen molar-refractivity contribution in [2.45, 2.75) is 71.8 Å². The summed E-state index contributed by atoms with van der Waals surface area (Å²) in [6, 6.07) is -0.814. The Kier molecular flexibility index (Phi) is 5.83. The number of carbonyl (C=O) groups is 2. The van der Waals surface area contributed by atoms with Gasteiger partial charge in [-0.2, -0.15) is 0 Å². The van der Waals surface area contributed by atoms with E-state index in [1.165, 1.54) is 19.3 Å². The first-order chi connectivity index (χ1) is 8.82. The van der Waals surface area contributed by atoms with Gasteiger partial charge in [0.2, 0.25) is 5.91 Å². The Labute approximate surface area is 116 Å². The zero-order valence-electron chi connectivity index (χ0n) is 12.4. The Morgan fingerprint density at radius 1 is 1.05 bits per heavy atom. The first kappa shape index (κ1) is 16.0. The lowest BCUT2D eigenvalue weighted by Crippen LogP contribution is -2.50. The highest BCUT2D eigenvalue weighted by Crippen LogP contribution is 2.24. The number of hydrogen-bond donors (Lipinski definition) is 2. The molecule has 1 amide bonds. The van der Waals surface area contributed by atoms with E-state index in [1.54, 1.807) is 0 Å². The molecule has 1 unspecified atom stereocenters. The van der Waals surface area contributed by atoms with Crippen molar-refractivity contribution < 1.29 is 14.7 Å². The lowest BCUT2D eigenvalue weighted by Gasteiger charge is -2.29. The van der Waals surface area contributed by atoms with Crippen LogP contribution < -0.4 is 5.32 Å². The molecule has 1 saturated carbocycles. The lowest BCUT2D eigenvalue weighted by atomic mass is 9.85. The number of amides is 1. The van der Waals surface area contributed by atoms with Crippen LogP contribution in [0.5, 0.6) is 0 Å². The molecule has 0 heterocycles. The molecule has 1 fully saturated rings. The largest absolute Gasteiger partial charge is 0.480 e. The van der Waals surface area contributed by atoms with Gasteiger partial charge in [-0.15, -0.1) is 0 Å². The first-order valence-electron chi connectivity index (χ1n) is 7.35. The van der Waals surface area contributed by atoms with Crippen LogP contribution in [0.2, 0.25) is 0 Å². The summed E-state index contributed by atoms with van der Waals surface area (Å²) in [6.45, 7) is 5.51. The molecule has 0 aromatic rings. The maximum atomic E-state index is 12.3. The zero-order chi connectivity index (χ0) is 14.5. The first-order valence-corrected chi connectivity index (χ1v) is 7.35. The standard InChI is InChI=1S/C15H27NO3/c1-15(2,3)12(14(18)19)16-13(17)11-9-7-5-4-6-8-10-11/h11-12H,4-10H2,1-3H3,(H,16,17)(H,18,19). The van der Waals surface area contributed by atoms with Crippen molar-refractivity contribution in [1.29, 1.82) is 0 Å². The fourth-order valence-electron chi connectivity index (χ4n) is 2.63. The predicted molar refractivity (Wildman–Crippen MR) is 74.8 cm³/mol. The number of carboxylic acids is 1. The molecule has 19 heavy (non-hydrogen) atoms. The van der Waals surface area contributed by atoms with Gasteiger partial charge in [0, 0.05) is 5.92 Å². The predicted octanol–water partition coefficient (Wildman–Crippen LogP) is 2.96. The number of nitrogens with one attached hydrogen (secondary N) is 1. The second-order valence-corrected chi connectivity index (χ2v) is 6.69. The van der Waals surface area contributed by atoms with Crippen molar-refractivity contribution in [2.24, 2.45) is 11.3 Å². The fourth-order valence-corrected chi connectivity index (χ4v) is 2.63. The van der Waals surface area contributed by atoms with Crippen LogP contribution in [0.3, 0.4) is 0 Å². The quantitative estimate of drug-likeness (QED) is 0.827. The Morgan fingerprint density at radius 2 is 1.53 bits per heavy atom. The van der Waals surface area contributed by atoms with Gasteiger partial charge in [0.05, 0.1) is 0 Å². The molecule has 4 heteroatoms. The maximum Gasteiger partial charge on any atom is 0.326 e. The Balaban J connectivity index is 2.62. The highest BCUT2D eigenvalue weighted by molar-refractivity contribution is 5.85. The Morgan fingerprint density at radius 3 is 1.95 bits per heavy atom. The van der Waals surface area contributed by atoms with E-state index in [0.29, 0.717) is 0 Å². The van der Waals surface area contributed by atoms with Crippen molar-refractivity contribution in [1.82, 2.24) is 5.32 Å². The van der Waals surface area contributed by atoms with Gasteiger partial charge < -0.3 is 10.4 Å². The molecule has 0 saturated heterocycles. The van der Waals surface area contributed by atoms with Crippen molar-refractivity contribution in [2.75, 3.05) is 0 Å². The molecule has 0 radical (unpaired) electrons. The normalized spacial score (nSPS) is 20.2. The summed E-state index contributed by atoms with van der Waals surface area (Å²) < 4.78 is 0. The smallest absolute Gasteiger partial charge is 0.326 e. The van der Waals surface area contributed by atoms with Gasteiger partial charge in [-0.1, -0.05) is 52.9 Å². The van der Waals surface area contributed by atoms with E-state index in [-0.39, 0.29) is 11.8 Å². The fraction of sp³-hybridized carbons (Fsp3) is 0.867. The van der Waals surface area contributed by atoms with E-state index in [4.69, 9.17) is 0 Å². The average Bonchev–Trinajstić information content (AvgIpc) is 2.22. The van der Waals surface area contributed by atoms with Crippen LogP contribution in [0.15, 0.2) is 0 Å². The molecular formula is C15H27NO3. The Hall–Kier alpha value is -1.06. The van der Waals surface area contributed by atoms with Crippen LogP contribution in [0.1, 0.15) is 65.7 Å². The Bertz CT molecular complexity index is 312. The number of carboxylic acid groups (broad SMARTS) is 1. The lowest BCUT2D eigenvalue weighted by molar-refractivity contribution is -0.145. The summed E-state index contributed by atoms with van der Waals surface area (Å²) in [6.07, 6.45) is 7.56. The third-order valence-corrected chi connectivity index (χ3v) is 3.88. The minimum absolute atomic E-state index is 0.00972. The van der Waals surface area contributed by atoms with Gasteiger partial charge >= 0.3 is 5.97 Å². The van der Waals surface area contributed by atoms with E-state index >= 15 is 0 Å². The highest BCUT2D eigenvalue weighted by atomic mass is 16.4. The summed E-state index contributed by atoms with van der Waals surface area (Å²) in [5.74, 6) is -1.04. The van der Waals surface area contributed by atoms with Crippen molar-refractivity contribution >= 4 is 11.9 Å². The van der Waals surface area contributed by atoms with E-state index in [1.807, 2.05) is 20.8 Å².